The highest BCUT2D eigenvalue weighted by Crippen LogP contribution is 2.35. The molecule has 2 aromatic carbocycles. The van der Waals surface area contributed by atoms with Crippen LogP contribution in [0.4, 0.5) is 18.9 Å². The van der Waals surface area contributed by atoms with Crippen LogP contribution in [-0.4, -0.2) is 5.91 Å². The maximum atomic E-state index is 13.1. The van der Waals surface area contributed by atoms with Crippen LogP contribution in [0.1, 0.15) is 37.8 Å². The Morgan fingerprint density at radius 2 is 1.61 bits per heavy atom. The zero-order chi connectivity index (χ0) is 17.2. The fraction of sp³-hybridized carbons (Fsp3) is 0.278. The molecule has 2 nitrogen and oxygen atoms in total. The van der Waals surface area contributed by atoms with Gasteiger partial charge < -0.3 is 5.32 Å². The summed E-state index contributed by atoms with van der Waals surface area (Å²) in [6.07, 6.45) is -4.47. The number of nitrogens with one attached hydrogen (secondary N) is 1. The van der Waals surface area contributed by atoms with Crippen molar-refractivity contribution in [3.05, 3.63) is 53.6 Å². The van der Waals surface area contributed by atoms with Crippen molar-refractivity contribution >= 4 is 11.6 Å². The summed E-state index contributed by atoms with van der Waals surface area (Å²) >= 11 is 0. The van der Waals surface area contributed by atoms with E-state index in [4.69, 9.17) is 0 Å². The van der Waals surface area contributed by atoms with Crippen molar-refractivity contribution < 1.29 is 18.0 Å². The quantitative estimate of drug-likeness (QED) is 0.799. The molecule has 0 atom stereocenters. The first-order valence-corrected chi connectivity index (χ1v) is 7.27. The zero-order valence-corrected chi connectivity index (χ0v) is 13.2. The molecular formula is C18H18F3NO. The Labute approximate surface area is 133 Å². The average Bonchev–Trinajstić information content (AvgIpc) is 2.45. The summed E-state index contributed by atoms with van der Waals surface area (Å²) in [5.74, 6) is -0.0640. The fourth-order valence-corrected chi connectivity index (χ4v) is 2.29. The van der Waals surface area contributed by atoms with Gasteiger partial charge in [-0.05, 0) is 40.8 Å². The van der Waals surface area contributed by atoms with Crippen molar-refractivity contribution in [1.82, 2.24) is 0 Å². The number of rotatable bonds is 3. The van der Waals surface area contributed by atoms with E-state index in [-0.39, 0.29) is 5.69 Å². The number of anilines is 1. The molecule has 1 amide bonds. The molecule has 0 aromatic heterocycles. The van der Waals surface area contributed by atoms with Crippen molar-refractivity contribution in [2.45, 2.75) is 32.9 Å². The molecule has 5 heteroatoms. The molecule has 23 heavy (non-hydrogen) atoms. The Kier molecular flexibility index (Phi) is 4.78. The Hall–Kier alpha value is -2.30. The second-order valence-corrected chi connectivity index (χ2v) is 5.75. The van der Waals surface area contributed by atoms with Crippen LogP contribution in [0.15, 0.2) is 42.5 Å². The highest BCUT2D eigenvalue weighted by Gasteiger charge is 2.31. The Bertz CT molecular complexity index is 703. The maximum Gasteiger partial charge on any atom is 0.416 e. The van der Waals surface area contributed by atoms with Crippen LogP contribution >= 0.6 is 0 Å². The summed E-state index contributed by atoms with van der Waals surface area (Å²) in [5.41, 5.74) is 1.55. The van der Waals surface area contributed by atoms with Crippen LogP contribution in [0.5, 0.6) is 0 Å². The summed E-state index contributed by atoms with van der Waals surface area (Å²) in [5, 5.41) is 2.42. The number of hydrogen-bond donors (Lipinski definition) is 1. The third kappa shape index (κ3) is 4.34. The second-order valence-electron chi connectivity index (χ2n) is 5.75. The first-order valence-electron chi connectivity index (χ1n) is 7.27. The summed E-state index contributed by atoms with van der Waals surface area (Å²) in [6, 6.07) is 11.0. The van der Waals surface area contributed by atoms with Gasteiger partial charge in [-0.25, -0.2) is 0 Å². The largest absolute Gasteiger partial charge is 0.416 e. The van der Waals surface area contributed by atoms with Gasteiger partial charge in [-0.3, -0.25) is 4.79 Å². The van der Waals surface area contributed by atoms with Crippen LogP contribution in [-0.2, 0) is 11.0 Å². The molecule has 1 N–H and O–H groups in total. The van der Waals surface area contributed by atoms with Crippen LogP contribution in [0.2, 0.25) is 0 Å². The molecular weight excluding hydrogens is 303 g/mol. The number of hydrogen-bond acceptors (Lipinski definition) is 1. The second kappa shape index (κ2) is 6.44. The third-order valence-corrected chi connectivity index (χ3v) is 3.49. The summed E-state index contributed by atoms with van der Waals surface area (Å²) in [4.78, 5) is 11.1. The molecule has 0 radical (unpaired) electrons. The van der Waals surface area contributed by atoms with E-state index < -0.39 is 17.6 Å². The van der Waals surface area contributed by atoms with E-state index in [1.807, 2.05) is 26.0 Å². The average molecular weight is 321 g/mol. The molecule has 0 spiro atoms. The molecule has 2 rings (SSSR count). The number of carbonyl (C=O) groups is 1. The van der Waals surface area contributed by atoms with Crippen LogP contribution in [0, 0.1) is 0 Å². The smallest absolute Gasteiger partial charge is 0.326 e. The van der Waals surface area contributed by atoms with Gasteiger partial charge in [0.15, 0.2) is 0 Å². The maximum absolute atomic E-state index is 13.1. The minimum Gasteiger partial charge on any atom is -0.326 e. The first kappa shape index (κ1) is 17.1. The number of carbonyl (C=O) groups excluding carboxylic acids is 1. The van der Waals surface area contributed by atoms with Gasteiger partial charge in [-0.2, -0.15) is 13.2 Å². The van der Waals surface area contributed by atoms with Gasteiger partial charge in [0.25, 0.3) is 0 Å². The zero-order valence-electron chi connectivity index (χ0n) is 13.2. The highest BCUT2D eigenvalue weighted by atomic mass is 19.4. The molecule has 0 aliphatic rings. The predicted molar refractivity (Wildman–Crippen MR) is 85.3 cm³/mol. The molecule has 0 heterocycles. The number of halogens is 3. The van der Waals surface area contributed by atoms with E-state index in [1.54, 1.807) is 18.2 Å². The predicted octanol–water partition coefficient (Wildman–Crippen LogP) is 5.45. The number of amides is 1. The standard InChI is InChI=1S/C18H18F3NO/c1-11(2)13-4-6-14(7-5-13)15-8-16(18(19,20)21)10-17(9-15)22-12(3)23/h4-11H,1-3H3,(H,22,23). The minimum absolute atomic E-state index is 0.135. The van der Waals surface area contributed by atoms with Gasteiger partial charge in [0.2, 0.25) is 5.91 Å². The van der Waals surface area contributed by atoms with Crippen LogP contribution in [0.3, 0.4) is 0 Å². The molecule has 0 saturated heterocycles. The molecule has 0 fully saturated rings. The van der Waals surface area contributed by atoms with E-state index in [0.717, 1.165) is 17.7 Å². The Balaban J connectivity index is 2.49. The normalized spacial score (nSPS) is 11.6. The first-order chi connectivity index (χ1) is 10.7. The van der Waals surface area contributed by atoms with Gasteiger partial charge in [0.1, 0.15) is 0 Å². The minimum atomic E-state index is -4.47. The molecule has 0 unspecified atom stereocenters. The van der Waals surface area contributed by atoms with Crippen molar-refractivity contribution in [2.24, 2.45) is 0 Å². The molecule has 0 bridgehead atoms. The van der Waals surface area contributed by atoms with Crippen molar-refractivity contribution in [3.8, 4) is 11.1 Å². The van der Waals surface area contributed by atoms with Crippen LogP contribution in [0.25, 0.3) is 11.1 Å². The van der Waals surface area contributed by atoms with E-state index in [1.165, 1.54) is 6.92 Å². The Morgan fingerprint density at radius 1 is 1.00 bits per heavy atom. The number of benzene rings is 2. The lowest BCUT2D eigenvalue weighted by Crippen LogP contribution is -2.10. The molecule has 0 aliphatic carbocycles. The molecule has 0 saturated carbocycles. The lowest BCUT2D eigenvalue weighted by Gasteiger charge is -2.13. The highest BCUT2D eigenvalue weighted by molar-refractivity contribution is 5.89. The molecule has 2 aromatic rings. The molecule has 122 valence electrons. The lowest BCUT2D eigenvalue weighted by molar-refractivity contribution is -0.137. The van der Waals surface area contributed by atoms with Gasteiger partial charge in [0.05, 0.1) is 5.56 Å². The van der Waals surface area contributed by atoms with Crippen molar-refractivity contribution in [2.75, 3.05) is 5.32 Å². The van der Waals surface area contributed by atoms with E-state index >= 15 is 0 Å². The number of alkyl halides is 3. The summed E-state index contributed by atoms with van der Waals surface area (Å²) in [6.45, 7) is 5.36. The van der Waals surface area contributed by atoms with Crippen molar-refractivity contribution in [1.29, 1.82) is 0 Å². The van der Waals surface area contributed by atoms with E-state index in [0.29, 0.717) is 17.0 Å². The SMILES string of the molecule is CC(=O)Nc1cc(-c2ccc(C(C)C)cc2)cc(C(F)(F)F)c1. The fourth-order valence-electron chi connectivity index (χ4n) is 2.29. The van der Waals surface area contributed by atoms with Gasteiger partial charge in [-0.1, -0.05) is 38.1 Å². The Morgan fingerprint density at radius 3 is 2.09 bits per heavy atom. The van der Waals surface area contributed by atoms with Crippen molar-refractivity contribution in [3.63, 3.8) is 0 Å². The summed E-state index contributed by atoms with van der Waals surface area (Å²) in [7, 11) is 0. The monoisotopic (exact) mass is 321 g/mol. The lowest BCUT2D eigenvalue weighted by atomic mass is 9.97. The van der Waals surface area contributed by atoms with Crippen LogP contribution < -0.4 is 5.32 Å². The van der Waals surface area contributed by atoms with E-state index in [9.17, 15) is 18.0 Å². The van der Waals surface area contributed by atoms with Gasteiger partial charge in [0, 0.05) is 12.6 Å². The van der Waals surface area contributed by atoms with E-state index in [2.05, 4.69) is 5.32 Å². The van der Waals surface area contributed by atoms with Gasteiger partial charge in [-0.15, -0.1) is 0 Å². The molecule has 0 aliphatic heterocycles. The summed E-state index contributed by atoms with van der Waals surface area (Å²) < 4.78 is 39.2. The third-order valence-electron chi connectivity index (χ3n) is 3.49. The topological polar surface area (TPSA) is 29.1 Å². The van der Waals surface area contributed by atoms with Gasteiger partial charge >= 0.3 is 6.18 Å².